The average Bonchev–Trinajstić information content (AvgIpc) is 3.49. The third-order valence-electron chi connectivity index (χ3n) is 5.09. The van der Waals surface area contributed by atoms with Gasteiger partial charge in [0.2, 0.25) is 0 Å². The second kappa shape index (κ2) is 11.1. The number of hydrogen-bond acceptors (Lipinski definition) is 5. The molecule has 1 fully saturated rings. The topological polar surface area (TPSA) is 89.6 Å². The Bertz CT molecular complexity index is 617. The number of nitrogens with one attached hydrogen (secondary N) is 1. The first-order valence-corrected chi connectivity index (χ1v) is 9.84. The lowest BCUT2D eigenvalue weighted by atomic mass is 9.83. The highest BCUT2D eigenvalue weighted by Crippen LogP contribution is 2.32. The van der Waals surface area contributed by atoms with Gasteiger partial charge < -0.3 is 29.4 Å². The van der Waals surface area contributed by atoms with E-state index in [0.717, 1.165) is 30.6 Å². The van der Waals surface area contributed by atoms with Gasteiger partial charge in [0.1, 0.15) is 6.10 Å². The molecule has 0 unspecified atom stereocenters. The molecule has 0 aliphatic carbocycles. The van der Waals surface area contributed by atoms with Gasteiger partial charge in [-0.2, -0.15) is 0 Å². The minimum Gasteiger partial charge on any atom is -0.493 e. The van der Waals surface area contributed by atoms with Crippen LogP contribution in [0.5, 0.6) is 11.5 Å². The van der Waals surface area contributed by atoms with Crippen molar-refractivity contribution < 1.29 is 28.8 Å². The van der Waals surface area contributed by atoms with Crippen LogP contribution in [0.2, 0.25) is 0 Å². The minimum absolute atomic E-state index is 0.00658. The zero-order valence-electron chi connectivity index (χ0n) is 17.3. The highest BCUT2D eigenvalue weighted by atomic mass is 16.6. The van der Waals surface area contributed by atoms with Crippen molar-refractivity contribution in [3.05, 3.63) is 23.8 Å². The quantitative estimate of drug-likeness (QED) is 0.393. The van der Waals surface area contributed by atoms with Crippen LogP contribution in [0.3, 0.4) is 0 Å². The molecule has 28 heavy (non-hydrogen) atoms. The summed E-state index contributed by atoms with van der Waals surface area (Å²) in [4.78, 5) is 11.1. The molecule has 2 rings (SSSR count). The van der Waals surface area contributed by atoms with Gasteiger partial charge in [0.25, 0.3) is 0 Å². The van der Waals surface area contributed by atoms with Gasteiger partial charge in [0.15, 0.2) is 11.5 Å². The van der Waals surface area contributed by atoms with E-state index in [4.69, 9.17) is 24.1 Å². The highest BCUT2D eigenvalue weighted by molar-refractivity contribution is 5.65. The van der Waals surface area contributed by atoms with Crippen LogP contribution in [0, 0.1) is 11.8 Å². The van der Waals surface area contributed by atoms with Crippen molar-refractivity contribution in [1.82, 2.24) is 5.32 Å². The number of ether oxygens (including phenoxy) is 4. The number of benzene rings is 1. The Hall–Kier alpha value is -1.99. The molecule has 1 saturated heterocycles. The number of carbonyl (C=O) groups is 1. The largest absolute Gasteiger partial charge is 0.493 e. The maximum Gasteiger partial charge on any atom is 0.404 e. The lowest BCUT2D eigenvalue weighted by molar-refractivity contribution is 0.170. The van der Waals surface area contributed by atoms with E-state index in [9.17, 15) is 4.79 Å². The number of methoxy groups -OCH3 is 2. The van der Waals surface area contributed by atoms with Crippen molar-refractivity contribution in [2.24, 2.45) is 11.8 Å². The van der Waals surface area contributed by atoms with E-state index in [1.807, 2.05) is 18.2 Å². The van der Waals surface area contributed by atoms with Crippen molar-refractivity contribution in [3.8, 4) is 11.5 Å². The van der Waals surface area contributed by atoms with E-state index in [1.54, 1.807) is 14.2 Å². The van der Waals surface area contributed by atoms with E-state index in [1.165, 1.54) is 0 Å². The van der Waals surface area contributed by atoms with Crippen molar-refractivity contribution in [2.45, 2.75) is 45.3 Å². The molecule has 0 radical (unpaired) electrons. The maximum absolute atomic E-state index is 11.1. The molecule has 7 nitrogen and oxygen atoms in total. The molecule has 1 aromatic carbocycles. The van der Waals surface area contributed by atoms with Crippen LogP contribution in [0.15, 0.2) is 18.2 Å². The maximum atomic E-state index is 11.1. The van der Waals surface area contributed by atoms with Gasteiger partial charge in [-0.25, -0.2) is 4.79 Å². The molecule has 158 valence electrons. The molecule has 0 bridgehead atoms. The Morgan fingerprint density at radius 3 is 2.61 bits per heavy atom. The minimum atomic E-state index is -1.00. The smallest absolute Gasteiger partial charge is 0.404 e. The molecule has 1 amide bonds. The molecular weight excluding hydrogens is 362 g/mol. The predicted octanol–water partition coefficient (Wildman–Crippen LogP) is 3.35. The summed E-state index contributed by atoms with van der Waals surface area (Å²) in [6.45, 7) is 6.17. The van der Waals surface area contributed by atoms with Gasteiger partial charge >= 0.3 is 6.09 Å². The Balaban J connectivity index is 2.05. The summed E-state index contributed by atoms with van der Waals surface area (Å²) < 4.78 is 21.7. The Labute approximate surface area is 167 Å². The number of amides is 1. The molecule has 0 spiro atoms. The second-order valence-electron chi connectivity index (χ2n) is 7.55. The molecule has 0 saturated carbocycles. The van der Waals surface area contributed by atoms with Crippen LogP contribution in [-0.4, -0.2) is 57.4 Å². The first-order chi connectivity index (χ1) is 13.4. The van der Waals surface area contributed by atoms with Crippen LogP contribution < -0.4 is 14.8 Å². The highest BCUT2D eigenvalue weighted by Gasteiger charge is 2.36. The monoisotopic (exact) mass is 395 g/mol. The van der Waals surface area contributed by atoms with E-state index >= 15 is 0 Å². The van der Waals surface area contributed by atoms with Crippen molar-refractivity contribution >= 4 is 6.09 Å². The normalized spacial score (nSPS) is 17.8. The molecule has 0 aromatic heterocycles. The molecule has 7 heteroatoms. The Kier molecular flexibility index (Phi) is 8.86. The van der Waals surface area contributed by atoms with Crippen molar-refractivity contribution in [3.63, 3.8) is 0 Å². The third kappa shape index (κ3) is 7.20. The summed E-state index contributed by atoms with van der Waals surface area (Å²) in [5, 5.41) is 11.7. The van der Waals surface area contributed by atoms with Gasteiger partial charge in [-0.15, -0.1) is 0 Å². The number of carboxylic acid groups (broad SMARTS) is 1. The van der Waals surface area contributed by atoms with Crippen LogP contribution in [0.4, 0.5) is 4.79 Å². The zero-order valence-corrected chi connectivity index (χ0v) is 17.3. The van der Waals surface area contributed by atoms with Gasteiger partial charge in [-0.05, 0) is 42.4 Å². The van der Waals surface area contributed by atoms with Crippen LogP contribution in [-0.2, 0) is 15.9 Å². The number of epoxide rings is 1. The molecule has 1 aliphatic rings. The fraction of sp³-hybridized carbons (Fsp3) is 0.667. The summed E-state index contributed by atoms with van der Waals surface area (Å²) in [5.74, 6) is 2.16. The third-order valence-corrected chi connectivity index (χ3v) is 5.09. The lowest BCUT2D eigenvalue weighted by Gasteiger charge is -2.26. The van der Waals surface area contributed by atoms with Gasteiger partial charge in [-0.1, -0.05) is 19.9 Å². The summed E-state index contributed by atoms with van der Waals surface area (Å²) in [6.07, 6.45) is 1.38. The molecule has 2 N–H and O–H groups in total. The summed E-state index contributed by atoms with van der Waals surface area (Å²) in [7, 11) is 3.30. The molecule has 1 aromatic rings. The van der Waals surface area contributed by atoms with Crippen LogP contribution in [0.25, 0.3) is 0 Å². The lowest BCUT2D eigenvalue weighted by Crippen LogP contribution is -2.40. The fourth-order valence-electron chi connectivity index (χ4n) is 3.32. The second-order valence-corrected chi connectivity index (χ2v) is 7.55. The van der Waals surface area contributed by atoms with Gasteiger partial charge in [0, 0.05) is 20.1 Å². The van der Waals surface area contributed by atoms with Crippen LogP contribution in [0.1, 0.15) is 32.3 Å². The first-order valence-electron chi connectivity index (χ1n) is 9.84. The van der Waals surface area contributed by atoms with Crippen molar-refractivity contribution in [1.29, 1.82) is 0 Å². The average molecular weight is 395 g/mol. The fourth-order valence-corrected chi connectivity index (χ4v) is 3.32. The Morgan fingerprint density at radius 1 is 1.29 bits per heavy atom. The van der Waals surface area contributed by atoms with Gasteiger partial charge in [-0.3, -0.25) is 0 Å². The van der Waals surface area contributed by atoms with E-state index in [0.29, 0.717) is 37.4 Å². The number of hydrogen-bond donors (Lipinski definition) is 2. The van der Waals surface area contributed by atoms with Crippen LogP contribution >= 0.6 is 0 Å². The number of rotatable bonds is 13. The standard InChI is InChI=1S/C21H33NO6/c1-14(2)16(12-17(20-13-28-20)22-21(23)24)10-15-6-7-18(26-4)19(11-15)27-9-5-8-25-3/h6-7,11,14,16-17,20,22H,5,8-10,12-13H2,1-4H3,(H,23,24)/t16-,17+,20+/m1/s1. The first kappa shape index (κ1) is 22.3. The van der Waals surface area contributed by atoms with Gasteiger partial charge in [0.05, 0.1) is 26.4 Å². The van der Waals surface area contributed by atoms with E-state index in [2.05, 4.69) is 19.2 Å². The molecule has 1 aliphatic heterocycles. The summed E-state index contributed by atoms with van der Waals surface area (Å²) in [6, 6.07) is 5.82. The molecular formula is C21H33NO6. The molecule has 1 heterocycles. The summed E-state index contributed by atoms with van der Waals surface area (Å²) >= 11 is 0. The van der Waals surface area contributed by atoms with Crippen molar-refractivity contribution in [2.75, 3.05) is 34.0 Å². The van der Waals surface area contributed by atoms with E-state index < -0.39 is 6.09 Å². The molecule has 3 atom stereocenters. The van der Waals surface area contributed by atoms with E-state index in [-0.39, 0.29) is 12.1 Å². The summed E-state index contributed by atoms with van der Waals surface area (Å²) in [5.41, 5.74) is 1.15. The SMILES string of the molecule is COCCCOc1cc(C[C@H](C[C@H](NC(=O)O)[C@@H]2CO2)C(C)C)ccc1OC. The predicted molar refractivity (Wildman–Crippen MR) is 106 cm³/mol. The Morgan fingerprint density at radius 2 is 2.04 bits per heavy atom. The zero-order chi connectivity index (χ0) is 20.5.